The lowest BCUT2D eigenvalue weighted by atomic mass is 10.2. The molecule has 3 rings (SSSR count). The van der Waals surface area contributed by atoms with Crippen molar-refractivity contribution in [2.45, 2.75) is 18.5 Å². The van der Waals surface area contributed by atoms with Gasteiger partial charge in [0.25, 0.3) is 0 Å². The van der Waals surface area contributed by atoms with E-state index in [2.05, 4.69) is 11.0 Å². The molecule has 0 amide bonds. The van der Waals surface area contributed by atoms with Crippen LogP contribution in [0, 0.1) is 5.92 Å². The van der Waals surface area contributed by atoms with Gasteiger partial charge in [-0.05, 0) is 30.0 Å². The molecule has 0 bridgehead atoms. The van der Waals surface area contributed by atoms with Crippen LogP contribution in [-0.2, 0) is 6.54 Å². The summed E-state index contributed by atoms with van der Waals surface area (Å²) in [6, 6.07) is 8.08. The number of nitrogens with zero attached hydrogens (tertiary/aromatic N) is 1. The zero-order valence-electron chi connectivity index (χ0n) is 8.62. The van der Waals surface area contributed by atoms with Crippen LogP contribution in [0.4, 0.5) is 0 Å². The molecule has 0 unspecified atom stereocenters. The number of rotatable bonds is 2. The molecule has 2 N–H and O–H groups in total. The normalized spacial score (nSPS) is 34.1. The molecule has 2 fully saturated rings. The highest BCUT2D eigenvalue weighted by atomic mass is 35.5. The predicted octanol–water partition coefficient (Wildman–Crippen LogP) is 1.87. The largest absolute Gasteiger partial charge is 0.324 e. The molecule has 2 aliphatic rings. The average Bonchev–Trinajstić information content (AvgIpc) is 2.65. The molecule has 3 heteroatoms. The summed E-state index contributed by atoms with van der Waals surface area (Å²) >= 11 is 5.95. The van der Waals surface area contributed by atoms with Gasteiger partial charge in [-0.2, -0.15) is 0 Å². The zero-order chi connectivity index (χ0) is 10.5. The lowest BCUT2D eigenvalue weighted by Gasteiger charge is -2.18. The second-order valence-corrected chi connectivity index (χ2v) is 5.37. The summed E-state index contributed by atoms with van der Waals surface area (Å²) in [4.78, 5) is 2.43. The molecule has 1 aromatic rings. The monoisotopic (exact) mass is 222 g/mol. The van der Waals surface area contributed by atoms with E-state index < -0.39 is 0 Å². The standard InChI is InChI=1S/C12H15ClN2/c13-11-3-1-2-9(4-11)6-15-7-10-5-12(10,14)8-15/h1-4,10H,5-8,14H2/t10-,12-/m0/s1. The van der Waals surface area contributed by atoms with Crippen molar-refractivity contribution in [3.8, 4) is 0 Å². The third-order valence-corrected chi connectivity index (χ3v) is 3.81. The first kappa shape index (κ1) is 9.64. The van der Waals surface area contributed by atoms with Crippen LogP contribution in [0.2, 0.25) is 5.02 Å². The smallest absolute Gasteiger partial charge is 0.0409 e. The number of likely N-dealkylation sites (tertiary alicyclic amines) is 1. The molecule has 1 heterocycles. The Morgan fingerprint density at radius 3 is 3.07 bits per heavy atom. The molecule has 2 atom stereocenters. The van der Waals surface area contributed by atoms with Gasteiger partial charge in [-0.25, -0.2) is 0 Å². The molecular weight excluding hydrogens is 208 g/mol. The Hall–Kier alpha value is -0.570. The highest BCUT2D eigenvalue weighted by Gasteiger charge is 2.56. The van der Waals surface area contributed by atoms with E-state index in [9.17, 15) is 0 Å². The van der Waals surface area contributed by atoms with Gasteiger partial charge in [0.1, 0.15) is 0 Å². The van der Waals surface area contributed by atoms with Crippen molar-refractivity contribution in [2.75, 3.05) is 13.1 Å². The molecule has 1 aliphatic heterocycles. The fourth-order valence-electron chi connectivity index (χ4n) is 2.65. The summed E-state index contributed by atoms with van der Waals surface area (Å²) in [5.41, 5.74) is 7.59. The van der Waals surface area contributed by atoms with E-state index in [1.165, 1.54) is 12.0 Å². The van der Waals surface area contributed by atoms with Gasteiger partial charge in [0.15, 0.2) is 0 Å². The number of piperidine rings is 1. The second kappa shape index (κ2) is 3.21. The van der Waals surface area contributed by atoms with Gasteiger partial charge in [0, 0.05) is 30.2 Å². The minimum Gasteiger partial charge on any atom is -0.324 e. The maximum Gasteiger partial charge on any atom is 0.0409 e. The molecule has 0 spiro atoms. The van der Waals surface area contributed by atoms with Crippen molar-refractivity contribution in [1.29, 1.82) is 0 Å². The van der Waals surface area contributed by atoms with Crippen LogP contribution >= 0.6 is 11.6 Å². The van der Waals surface area contributed by atoms with Crippen molar-refractivity contribution >= 4 is 11.6 Å². The third-order valence-electron chi connectivity index (χ3n) is 3.57. The Morgan fingerprint density at radius 2 is 2.40 bits per heavy atom. The maximum atomic E-state index is 6.16. The van der Waals surface area contributed by atoms with E-state index in [1.807, 2.05) is 18.2 Å². The van der Waals surface area contributed by atoms with Gasteiger partial charge in [-0.1, -0.05) is 23.7 Å². The van der Waals surface area contributed by atoms with Gasteiger partial charge in [0.2, 0.25) is 0 Å². The molecule has 2 nitrogen and oxygen atoms in total. The molecule has 1 saturated carbocycles. The fraction of sp³-hybridized carbons (Fsp3) is 0.500. The Morgan fingerprint density at radius 1 is 1.53 bits per heavy atom. The number of halogens is 1. The summed E-state index contributed by atoms with van der Waals surface area (Å²) in [5.74, 6) is 0.747. The van der Waals surface area contributed by atoms with Crippen LogP contribution in [0.3, 0.4) is 0 Å². The molecule has 15 heavy (non-hydrogen) atoms. The first-order valence-electron chi connectivity index (χ1n) is 5.41. The number of nitrogens with two attached hydrogens (primary N) is 1. The van der Waals surface area contributed by atoms with Gasteiger partial charge in [-0.15, -0.1) is 0 Å². The first-order chi connectivity index (χ1) is 7.16. The highest BCUT2D eigenvalue weighted by molar-refractivity contribution is 6.30. The lowest BCUT2D eigenvalue weighted by molar-refractivity contribution is 0.291. The number of hydrogen-bond donors (Lipinski definition) is 1. The molecule has 1 aliphatic carbocycles. The topological polar surface area (TPSA) is 29.3 Å². The summed E-state index contributed by atoms with van der Waals surface area (Å²) in [7, 11) is 0. The minimum absolute atomic E-state index is 0.151. The first-order valence-corrected chi connectivity index (χ1v) is 5.79. The quantitative estimate of drug-likeness (QED) is 0.828. The maximum absolute atomic E-state index is 6.16. The molecule has 1 aromatic carbocycles. The predicted molar refractivity (Wildman–Crippen MR) is 61.8 cm³/mol. The summed E-state index contributed by atoms with van der Waals surface area (Å²) in [6.07, 6.45) is 1.22. The Bertz CT molecular complexity index is 393. The van der Waals surface area contributed by atoms with Gasteiger partial charge < -0.3 is 5.73 Å². The number of hydrogen-bond acceptors (Lipinski definition) is 2. The third kappa shape index (κ3) is 1.78. The van der Waals surface area contributed by atoms with Crippen molar-refractivity contribution < 1.29 is 0 Å². The SMILES string of the molecule is N[C@]12C[C@H]1CN(Cc1cccc(Cl)c1)C2. The van der Waals surface area contributed by atoms with E-state index in [1.54, 1.807) is 0 Å². The average molecular weight is 223 g/mol. The zero-order valence-corrected chi connectivity index (χ0v) is 9.37. The van der Waals surface area contributed by atoms with Crippen LogP contribution in [0.5, 0.6) is 0 Å². The highest BCUT2D eigenvalue weighted by Crippen LogP contribution is 2.47. The second-order valence-electron chi connectivity index (χ2n) is 4.93. The van der Waals surface area contributed by atoms with E-state index >= 15 is 0 Å². The van der Waals surface area contributed by atoms with Crippen molar-refractivity contribution in [3.05, 3.63) is 34.9 Å². The van der Waals surface area contributed by atoms with E-state index in [-0.39, 0.29) is 5.54 Å². The van der Waals surface area contributed by atoms with E-state index in [0.717, 1.165) is 30.6 Å². The minimum atomic E-state index is 0.151. The van der Waals surface area contributed by atoms with Crippen molar-refractivity contribution in [1.82, 2.24) is 4.90 Å². The van der Waals surface area contributed by atoms with Crippen LogP contribution in [0.1, 0.15) is 12.0 Å². The number of fused-ring (bicyclic) bond motifs is 1. The van der Waals surface area contributed by atoms with Crippen molar-refractivity contribution in [2.24, 2.45) is 11.7 Å². The van der Waals surface area contributed by atoms with Gasteiger partial charge >= 0.3 is 0 Å². The van der Waals surface area contributed by atoms with Gasteiger partial charge in [-0.3, -0.25) is 4.90 Å². The summed E-state index contributed by atoms with van der Waals surface area (Å²) in [5, 5.41) is 0.819. The van der Waals surface area contributed by atoms with Crippen LogP contribution < -0.4 is 5.73 Å². The molecule has 1 saturated heterocycles. The van der Waals surface area contributed by atoms with Crippen molar-refractivity contribution in [3.63, 3.8) is 0 Å². The lowest BCUT2D eigenvalue weighted by Crippen LogP contribution is -2.32. The summed E-state index contributed by atoms with van der Waals surface area (Å²) in [6.45, 7) is 3.18. The molecule has 0 radical (unpaired) electrons. The Labute approximate surface area is 95.0 Å². The van der Waals surface area contributed by atoms with Crippen LogP contribution in [0.15, 0.2) is 24.3 Å². The molecule has 80 valence electrons. The fourth-order valence-corrected chi connectivity index (χ4v) is 2.86. The molecular formula is C12H15ClN2. The number of benzene rings is 1. The van der Waals surface area contributed by atoms with Gasteiger partial charge in [0.05, 0.1) is 0 Å². The van der Waals surface area contributed by atoms with Crippen LogP contribution in [-0.4, -0.2) is 23.5 Å². The summed E-state index contributed by atoms with van der Waals surface area (Å²) < 4.78 is 0. The van der Waals surface area contributed by atoms with Crippen LogP contribution in [0.25, 0.3) is 0 Å². The van der Waals surface area contributed by atoms with E-state index in [0.29, 0.717) is 0 Å². The molecule has 0 aromatic heterocycles. The Kier molecular flexibility index (Phi) is 2.06. The van der Waals surface area contributed by atoms with E-state index in [4.69, 9.17) is 17.3 Å². The Balaban J connectivity index is 1.67.